The molecular formula is C14H18O2. The maximum Gasteiger partial charge on any atom is 0.118 e. The van der Waals surface area contributed by atoms with Crippen LogP contribution in [0.5, 0.6) is 5.75 Å². The van der Waals surface area contributed by atoms with Gasteiger partial charge in [-0.25, -0.2) is 0 Å². The summed E-state index contributed by atoms with van der Waals surface area (Å²) in [5.74, 6) is 0.829. The Morgan fingerprint density at radius 2 is 2.00 bits per heavy atom. The molecule has 1 atom stereocenters. The maximum atomic E-state index is 9.89. The van der Waals surface area contributed by atoms with Gasteiger partial charge < -0.3 is 9.84 Å². The topological polar surface area (TPSA) is 29.5 Å². The van der Waals surface area contributed by atoms with Crippen LogP contribution < -0.4 is 4.74 Å². The molecule has 1 aromatic carbocycles. The van der Waals surface area contributed by atoms with Gasteiger partial charge in [-0.1, -0.05) is 30.4 Å². The molecular weight excluding hydrogens is 200 g/mol. The first-order chi connectivity index (χ1) is 7.57. The predicted octanol–water partition coefficient (Wildman–Crippen LogP) is 3.04. The quantitative estimate of drug-likeness (QED) is 0.770. The van der Waals surface area contributed by atoms with Gasteiger partial charge in [0.15, 0.2) is 0 Å². The molecule has 1 unspecified atom stereocenters. The van der Waals surface area contributed by atoms with E-state index in [1.54, 1.807) is 26.2 Å². The summed E-state index contributed by atoms with van der Waals surface area (Å²) in [7, 11) is 1.64. The number of aliphatic hydroxyl groups is 1. The van der Waals surface area contributed by atoms with Crippen molar-refractivity contribution >= 4 is 6.08 Å². The lowest BCUT2D eigenvalue weighted by Gasteiger charge is -2.15. The molecule has 2 heteroatoms. The summed E-state index contributed by atoms with van der Waals surface area (Å²) in [6.45, 7) is 5.37. The number of hydrogen-bond donors (Lipinski definition) is 1. The molecule has 1 rings (SSSR count). The van der Waals surface area contributed by atoms with Crippen LogP contribution in [0, 0.1) is 0 Å². The van der Waals surface area contributed by atoms with Gasteiger partial charge in [-0.05, 0) is 31.0 Å². The Bertz CT molecular complexity index is 361. The van der Waals surface area contributed by atoms with Gasteiger partial charge >= 0.3 is 0 Å². The number of hydrogen-bond acceptors (Lipinski definition) is 2. The minimum absolute atomic E-state index is 0.541. The minimum atomic E-state index is -0.832. The van der Waals surface area contributed by atoms with E-state index < -0.39 is 5.60 Å². The fourth-order valence-corrected chi connectivity index (χ4v) is 1.35. The van der Waals surface area contributed by atoms with E-state index >= 15 is 0 Å². The van der Waals surface area contributed by atoms with Crippen molar-refractivity contribution in [1.29, 1.82) is 0 Å². The highest BCUT2D eigenvalue weighted by atomic mass is 16.5. The number of ether oxygens (including phenoxy) is 1. The van der Waals surface area contributed by atoms with Gasteiger partial charge in [-0.2, -0.15) is 0 Å². The van der Waals surface area contributed by atoms with Crippen molar-refractivity contribution < 1.29 is 9.84 Å². The van der Waals surface area contributed by atoms with Crippen molar-refractivity contribution in [2.24, 2.45) is 0 Å². The van der Waals surface area contributed by atoms with Crippen LogP contribution in [0.25, 0.3) is 6.08 Å². The van der Waals surface area contributed by atoms with Gasteiger partial charge in [0, 0.05) is 0 Å². The molecule has 0 aliphatic rings. The second-order valence-electron chi connectivity index (χ2n) is 3.96. The molecule has 16 heavy (non-hydrogen) atoms. The van der Waals surface area contributed by atoms with Gasteiger partial charge in [0.1, 0.15) is 5.75 Å². The van der Waals surface area contributed by atoms with Crippen LogP contribution in [0.1, 0.15) is 18.9 Å². The second-order valence-corrected chi connectivity index (χ2v) is 3.96. The normalized spacial score (nSPS) is 14.7. The van der Waals surface area contributed by atoms with Crippen LogP contribution in [-0.2, 0) is 0 Å². The third-order valence-corrected chi connectivity index (χ3v) is 2.31. The van der Waals surface area contributed by atoms with Crippen molar-refractivity contribution in [3.05, 3.63) is 48.6 Å². The van der Waals surface area contributed by atoms with Crippen molar-refractivity contribution in [2.75, 3.05) is 7.11 Å². The van der Waals surface area contributed by atoms with E-state index in [1.165, 1.54) is 0 Å². The number of benzene rings is 1. The van der Waals surface area contributed by atoms with Crippen molar-refractivity contribution in [2.45, 2.75) is 18.9 Å². The Labute approximate surface area is 96.9 Å². The molecule has 2 nitrogen and oxygen atoms in total. The zero-order valence-corrected chi connectivity index (χ0v) is 9.81. The fraction of sp³-hybridized carbons (Fsp3) is 0.286. The molecule has 1 aromatic rings. The van der Waals surface area contributed by atoms with Crippen LogP contribution in [0.15, 0.2) is 43.0 Å². The fourth-order valence-electron chi connectivity index (χ4n) is 1.35. The average Bonchev–Trinajstić information content (AvgIpc) is 2.27. The Kier molecular flexibility index (Phi) is 4.32. The van der Waals surface area contributed by atoms with Crippen LogP contribution in [0.3, 0.4) is 0 Å². The molecule has 0 fully saturated rings. The van der Waals surface area contributed by atoms with Gasteiger partial charge in [0.05, 0.1) is 12.7 Å². The molecule has 0 amide bonds. The Hall–Kier alpha value is -1.54. The van der Waals surface area contributed by atoms with Crippen LogP contribution in [-0.4, -0.2) is 17.8 Å². The van der Waals surface area contributed by atoms with Crippen molar-refractivity contribution in [3.63, 3.8) is 0 Å². The SMILES string of the molecule is C=CCC(C)(O)/C=C/c1ccc(OC)cc1. The molecule has 86 valence electrons. The van der Waals surface area contributed by atoms with Gasteiger partial charge in [-0.15, -0.1) is 6.58 Å². The summed E-state index contributed by atoms with van der Waals surface area (Å²) in [5, 5.41) is 9.89. The average molecular weight is 218 g/mol. The lowest BCUT2D eigenvalue weighted by Crippen LogP contribution is -2.18. The van der Waals surface area contributed by atoms with E-state index in [0.29, 0.717) is 6.42 Å². The summed E-state index contributed by atoms with van der Waals surface area (Å²) in [5.41, 5.74) is 0.201. The standard InChI is InChI=1S/C14H18O2/c1-4-10-14(2,15)11-9-12-5-7-13(16-3)8-6-12/h4-9,11,15H,1,10H2,2-3H3/b11-9+. The maximum absolute atomic E-state index is 9.89. The highest BCUT2D eigenvalue weighted by molar-refractivity contribution is 5.51. The third kappa shape index (κ3) is 3.91. The van der Waals surface area contributed by atoms with E-state index in [9.17, 15) is 5.11 Å². The van der Waals surface area contributed by atoms with Gasteiger partial charge in [0.2, 0.25) is 0 Å². The first kappa shape index (κ1) is 12.5. The van der Waals surface area contributed by atoms with Crippen LogP contribution in [0.4, 0.5) is 0 Å². The Morgan fingerprint density at radius 1 is 1.38 bits per heavy atom. The lowest BCUT2D eigenvalue weighted by atomic mass is 10.0. The van der Waals surface area contributed by atoms with Crippen LogP contribution in [0.2, 0.25) is 0 Å². The number of rotatable bonds is 5. The van der Waals surface area contributed by atoms with E-state index in [0.717, 1.165) is 11.3 Å². The first-order valence-corrected chi connectivity index (χ1v) is 5.24. The molecule has 0 spiro atoms. The first-order valence-electron chi connectivity index (χ1n) is 5.24. The number of methoxy groups -OCH3 is 1. The smallest absolute Gasteiger partial charge is 0.118 e. The zero-order valence-electron chi connectivity index (χ0n) is 9.81. The molecule has 0 aliphatic carbocycles. The second kappa shape index (κ2) is 5.52. The Balaban J connectivity index is 2.72. The lowest BCUT2D eigenvalue weighted by molar-refractivity contribution is 0.116. The molecule has 0 aromatic heterocycles. The molecule has 0 aliphatic heterocycles. The third-order valence-electron chi connectivity index (χ3n) is 2.31. The molecule has 0 radical (unpaired) electrons. The molecule has 0 saturated carbocycles. The predicted molar refractivity (Wildman–Crippen MR) is 67.5 cm³/mol. The minimum Gasteiger partial charge on any atom is -0.497 e. The zero-order chi connectivity index (χ0) is 12.0. The van der Waals surface area contributed by atoms with Crippen molar-refractivity contribution in [3.8, 4) is 5.75 Å². The van der Waals surface area contributed by atoms with E-state index in [1.807, 2.05) is 30.3 Å². The summed E-state index contributed by atoms with van der Waals surface area (Å²) < 4.78 is 5.07. The van der Waals surface area contributed by atoms with Gasteiger partial charge in [-0.3, -0.25) is 0 Å². The molecule has 0 saturated heterocycles. The van der Waals surface area contributed by atoms with Gasteiger partial charge in [0.25, 0.3) is 0 Å². The summed E-state index contributed by atoms with van der Waals surface area (Å²) in [4.78, 5) is 0. The summed E-state index contributed by atoms with van der Waals surface area (Å²) in [6, 6.07) is 7.67. The van der Waals surface area contributed by atoms with Crippen molar-refractivity contribution in [1.82, 2.24) is 0 Å². The molecule has 0 bridgehead atoms. The highest BCUT2D eigenvalue weighted by Crippen LogP contribution is 2.16. The van der Waals surface area contributed by atoms with E-state index in [-0.39, 0.29) is 0 Å². The Morgan fingerprint density at radius 3 is 2.50 bits per heavy atom. The summed E-state index contributed by atoms with van der Waals surface area (Å²) in [6.07, 6.45) is 5.91. The monoisotopic (exact) mass is 218 g/mol. The van der Waals surface area contributed by atoms with E-state index in [2.05, 4.69) is 6.58 Å². The largest absolute Gasteiger partial charge is 0.497 e. The van der Waals surface area contributed by atoms with Crippen LogP contribution >= 0.6 is 0 Å². The van der Waals surface area contributed by atoms with E-state index in [4.69, 9.17) is 4.74 Å². The highest BCUT2D eigenvalue weighted by Gasteiger charge is 2.12. The molecule has 1 N–H and O–H groups in total. The summed E-state index contributed by atoms with van der Waals surface area (Å²) >= 11 is 0. The molecule has 0 heterocycles.